The number of nitrogens with zero attached hydrogens (tertiary/aromatic N) is 4. The number of rotatable bonds is 8. The van der Waals surface area contributed by atoms with Crippen LogP contribution in [0.2, 0.25) is 0 Å². The van der Waals surface area contributed by atoms with Gasteiger partial charge < -0.3 is 14.7 Å². The van der Waals surface area contributed by atoms with Gasteiger partial charge in [0.25, 0.3) is 0 Å². The van der Waals surface area contributed by atoms with Crippen molar-refractivity contribution in [2.24, 2.45) is 13.0 Å². The average molecular weight is 344 g/mol. The van der Waals surface area contributed by atoms with E-state index in [4.69, 9.17) is 4.74 Å². The zero-order valence-corrected chi connectivity index (χ0v) is 14.4. The van der Waals surface area contributed by atoms with Crippen LogP contribution in [-0.4, -0.2) is 57.2 Å². The lowest BCUT2D eigenvalue weighted by Gasteiger charge is -2.15. The van der Waals surface area contributed by atoms with Gasteiger partial charge in [0, 0.05) is 38.8 Å². The lowest BCUT2D eigenvalue weighted by atomic mass is 9.91. The van der Waals surface area contributed by atoms with Gasteiger partial charge in [0.2, 0.25) is 0 Å². The Balaban J connectivity index is 1.51. The molecule has 0 spiro atoms. The quantitative estimate of drug-likeness (QED) is 0.732. The number of benzene rings is 1. The van der Waals surface area contributed by atoms with Crippen LogP contribution < -0.4 is 0 Å². The second-order valence-electron chi connectivity index (χ2n) is 6.58. The number of ether oxygens (including phenoxy) is 1. The van der Waals surface area contributed by atoms with Crippen LogP contribution in [-0.2, 0) is 23.2 Å². The first kappa shape index (κ1) is 17.6. The maximum absolute atomic E-state index is 11.2. The van der Waals surface area contributed by atoms with Crippen molar-refractivity contribution in [1.82, 2.24) is 19.9 Å². The maximum Gasteiger partial charge on any atom is 0.303 e. The van der Waals surface area contributed by atoms with Crippen molar-refractivity contribution in [1.29, 1.82) is 0 Å². The molecule has 1 aliphatic heterocycles. The van der Waals surface area contributed by atoms with Crippen LogP contribution in [0, 0.1) is 5.92 Å². The maximum atomic E-state index is 11.2. The molecule has 0 amide bonds. The van der Waals surface area contributed by atoms with Crippen molar-refractivity contribution in [3.63, 3.8) is 0 Å². The number of aliphatic carboxylic acids is 1. The predicted octanol–water partition coefficient (Wildman–Crippen LogP) is 1.52. The molecule has 0 saturated carbocycles. The SMILES string of the molecule is Cn1cc([C@@H]2CN(CCOCc3ccccc3)C[C@@H]2CC(=O)O)nn1. The van der Waals surface area contributed by atoms with Crippen LogP contribution in [0.4, 0.5) is 0 Å². The summed E-state index contributed by atoms with van der Waals surface area (Å²) in [6.45, 7) is 3.57. The van der Waals surface area contributed by atoms with Gasteiger partial charge in [-0.25, -0.2) is 0 Å². The molecule has 1 aliphatic rings. The van der Waals surface area contributed by atoms with Crippen LogP contribution in [0.1, 0.15) is 23.6 Å². The molecular formula is C18H24N4O3. The third kappa shape index (κ3) is 4.87. The van der Waals surface area contributed by atoms with E-state index in [1.165, 1.54) is 0 Å². The van der Waals surface area contributed by atoms with E-state index in [0.717, 1.165) is 30.9 Å². The first-order valence-corrected chi connectivity index (χ1v) is 8.54. The number of likely N-dealkylation sites (tertiary alicyclic amines) is 1. The molecule has 2 atom stereocenters. The number of carboxylic acid groups (broad SMARTS) is 1. The minimum Gasteiger partial charge on any atom is -0.481 e. The zero-order valence-electron chi connectivity index (χ0n) is 14.4. The van der Waals surface area contributed by atoms with E-state index in [-0.39, 0.29) is 18.3 Å². The zero-order chi connectivity index (χ0) is 17.6. The summed E-state index contributed by atoms with van der Waals surface area (Å²) < 4.78 is 7.42. The Hall–Kier alpha value is -2.25. The molecule has 7 nitrogen and oxygen atoms in total. The molecule has 1 aromatic carbocycles. The fraction of sp³-hybridized carbons (Fsp3) is 0.500. The van der Waals surface area contributed by atoms with Gasteiger partial charge >= 0.3 is 5.97 Å². The van der Waals surface area contributed by atoms with E-state index in [1.807, 2.05) is 43.6 Å². The van der Waals surface area contributed by atoms with E-state index in [2.05, 4.69) is 15.2 Å². The monoisotopic (exact) mass is 344 g/mol. The van der Waals surface area contributed by atoms with Gasteiger partial charge in [0.05, 0.1) is 25.3 Å². The van der Waals surface area contributed by atoms with Crippen LogP contribution in [0.25, 0.3) is 0 Å². The summed E-state index contributed by atoms with van der Waals surface area (Å²) in [5, 5.41) is 17.4. The van der Waals surface area contributed by atoms with E-state index in [1.54, 1.807) is 4.68 Å². The molecule has 2 aromatic rings. The van der Waals surface area contributed by atoms with Gasteiger partial charge in [0.1, 0.15) is 0 Å². The highest BCUT2D eigenvalue weighted by Crippen LogP contribution is 2.33. The van der Waals surface area contributed by atoms with E-state index in [9.17, 15) is 9.90 Å². The Kier molecular flexibility index (Phi) is 5.78. The van der Waals surface area contributed by atoms with Crippen LogP contribution in [0.3, 0.4) is 0 Å². The Labute approximate surface area is 147 Å². The molecule has 2 heterocycles. The molecule has 1 saturated heterocycles. The molecule has 0 aliphatic carbocycles. The smallest absolute Gasteiger partial charge is 0.303 e. The third-order valence-electron chi connectivity index (χ3n) is 4.62. The fourth-order valence-corrected chi connectivity index (χ4v) is 3.40. The summed E-state index contributed by atoms with van der Waals surface area (Å²) in [4.78, 5) is 13.4. The van der Waals surface area contributed by atoms with Crippen molar-refractivity contribution in [2.75, 3.05) is 26.2 Å². The summed E-state index contributed by atoms with van der Waals surface area (Å²) in [5.41, 5.74) is 2.03. The number of carbonyl (C=O) groups is 1. The lowest BCUT2D eigenvalue weighted by Crippen LogP contribution is -2.25. The van der Waals surface area contributed by atoms with E-state index >= 15 is 0 Å². The van der Waals surface area contributed by atoms with Crippen LogP contribution >= 0.6 is 0 Å². The van der Waals surface area contributed by atoms with Gasteiger partial charge in [-0.2, -0.15) is 0 Å². The van der Waals surface area contributed by atoms with Crippen molar-refractivity contribution >= 4 is 5.97 Å². The highest BCUT2D eigenvalue weighted by Gasteiger charge is 2.36. The van der Waals surface area contributed by atoms with Gasteiger partial charge in [-0.3, -0.25) is 9.48 Å². The first-order valence-electron chi connectivity index (χ1n) is 8.54. The molecule has 0 bridgehead atoms. The topological polar surface area (TPSA) is 80.5 Å². The van der Waals surface area contributed by atoms with E-state index in [0.29, 0.717) is 13.2 Å². The molecule has 0 unspecified atom stereocenters. The summed E-state index contributed by atoms with van der Waals surface area (Å²) >= 11 is 0. The molecule has 3 rings (SSSR count). The minimum atomic E-state index is -0.763. The number of hydrogen-bond donors (Lipinski definition) is 1. The summed E-state index contributed by atoms with van der Waals surface area (Å²) in [7, 11) is 1.83. The Morgan fingerprint density at radius 1 is 1.32 bits per heavy atom. The third-order valence-corrected chi connectivity index (χ3v) is 4.62. The molecule has 0 radical (unpaired) electrons. The summed E-state index contributed by atoms with van der Waals surface area (Å²) in [5.74, 6) is -0.594. The first-order chi connectivity index (χ1) is 12.1. The van der Waals surface area contributed by atoms with Gasteiger partial charge in [-0.1, -0.05) is 35.5 Å². The molecule has 1 aromatic heterocycles. The van der Waals surface area contributed by atoms with Gasteiger partial charge in [0.15, 0.2) is 0 Å². The van der Waals surface area contributed by atoms with Crippen LogP contribution in [0.5, 0.6) is 0 Å². The van der Waals surface area contributed by atoms with Crippen molar-refractivity contribution < 1.29 is 14.6 Å². The fourth-order valence-electron chi connectivity index (χ4n) is 3.40. The molecular weight excluding hydrogens is 320 g/mol. The molecule has 1 N–H and O–H groups in total. The number of carboxylic acids is 1. The number of hydrogen-bond acceptors (Lipinski definition) is 5. The van der Waals surface area contributed by atoms with Crippen molar-refractivity contribution in [3.8, 4) is 0 Å². The van der Waals surface area contributed by atoms with Crippen LogP contribution in [0.15, 0.2) is 36.5 Å². The second-order valence-corrected chi connectivity index (χ2v) is 6.58. The lowest BCUT2D eigenvalue weighted by molar-refractivity contribution is -0.138. The molecule has 1 fully saturated rings. The normalized spacial score (nSPS) is 20.8. The molecule has 134 valence electrons. The largest absolute Gasteiger partial charge is 0.481 e. The number of aryl methyl sites for hydroxylation is 1. The molecule has 7 heteroatoms. The predicted molar refractivity (Wildman–Crippen MR) is 92.0 cm³/mol. The van der Waals surface area contributed by atoms with Crippen molar-refractivity contribution in [2.45, 2.75) is 18.9 Å². The average Bonchev–Trinajstić information content (AvgIpc) is 3.18. The van der Waals surface area contributed by atoms with E-state index < -0.39 is 5.97 Å². The minimum absolute atomic E-state index is 0.0586. The highest BCUT2D eigenvalue weighted by atomic mass is 16.5. The molecule has 25 heavy (non-hydrogen) atoms. The van der Waals surface area contributed by atoms with Gasteiger partial charge in [-0.15, -0.1) is 5.10 Å². The van der Waals surface area contributed by atoms with Gasteiger partial charge in [-0.05, 0) is 11.5 Å². The standard InChI is InChI=1S/C18H24N4O3/c1-21-12-17(19-20-21)16-11-22(10-15(16)9-18(23)24)7-8-25-13-14-5-3-2-4-6-14/h2-6,12,15-16H,7-11,13H2,1H3,(H,23,24)/t15-,16+/m0/s1. The van der Waals surface area contributed by atoms with Crippen molar-refractivity contribution in [3.05, 3.63) is 47.8 Å². The Morgan fingerprint density at radius 3 is 2.80 bits per heavy atom. The highest BCUT2D eigenvalue weighted by molar-refractivity contribution is 5.67. The summed E-state index contributed by atoms with van der Waals surface area (Å²) in [6.07, 6.45) is 2.04. The number of aromatic nitrogens is 3. The second kappa shape index (κ2) is 8.22. The summed E-state index contributed by atoms with van der Waals surface area (Å²) in [6, 6.07) is 10.1. The Morgan fingerprint density at radius 2 is 2.12 bits per heavy atom. The Bertz CT molecular complexity index is 689.